The van der Waals surface area contributed by atoms with Crippen LogP contribution < -0.4 is 9.80 Å². The summed E-state index contributed by atoms with van der Waals surface area (Å²) in [7, 11) is 0. The standard InChI is InChI=1S/C20H30N2O4/c1-13(2)20-21(11-18(23)25-14(3)4)16-9-7-8-10-17(16)22(20)12-19(24)26-15(5)6/h7-10,13-15,20H,11-12H2,1-6H3. The zero-order chi connectivity index (χ0) is 19.4. The molecule has 0 fully saturated rings. The molecule has 1 aliphatic rings. The van der Waals surface area contributed by atoms with Crippen molar-refractivity contribution in [2.45, 2.75) is 59.9 Å². The van der Waals surface area contributed by atoms with Crippen molar-refractivity contribution in [1.82, 2.24) is 0 Å². The van der Waals surface area contributed by atoms with Crippen molar-refractivity contribution >= 4 is 23.3 Å². The number of benzene rings is 1. The number of rotatable bonds is 7. The minimum atomic E-state index is -0.271. The van der Waals surface area contributed by atoms with Crippen molar-refractivity contribution in [3.63, 3.8) is 0 Å². The minimum Gasteiger partial charge on any atom is -0.462 e. The largest absolute Gasteiger partial charge is 0.462 e. The Hall–Kier alpha value is -2.24. The summed E-state index contributed by atoms with van der Waals surface area (Å²) in [6, 6.07) is 7.82. The van der Waals surface area contributed by atoms with Crippen molar-refractivity contribution in [2.24, 2.45) is 5.92 Å². The van der Waals surface area contributed by atoms with Crippen LogP contribution >= 0.6 is 0 Å². The highest BCUT2D eigenvalue weighted by molar-refractivity contribution is 5.87. The monoisotopic (exact) mass is 362 g/mol. The number of ether oxygens (including phenoxy) is 2. The molecule has 0 spiro atoms. The minimum absolute atomic E-state index is 0.119. The molecule has 0 saturated heterocycles. The summed E-state index contributed by atoms with van der Waals surface area (Å²) in [5.74, 6) is -0.347. The molecule has 2 rings (SSSR count). The Labute approximate surface area is 156 Å². The van der Waals surface area contributed by atoms with Gasteiger partial charge in [-0.15, -0.1) is 0 Å². The molecule has 0 aliphatic carbocycles. The van der Waals surface area contributed by atoms with Crippen LogP contribution in [0.2, 0.25) is 0 Å². The Bertz CT molecular complexity index is 591. The molecule has 6 nitrogen and oxygen atoms in total. The van der Waals surface area contributed by atoms with E-state index in [-0.39, 0.29) is 49.3 Å². The lowest BCUT2D eigenvalue weighted by Crippen LogP contribution is -2.50. The summed E-state index contributed by atoms with van der Waals surface area (Å²) in [6.45, 7) is 11.8. The molecule has 0 unspecified atom stereocenters. The van der Waals surface area contributed by atoms with Crippen LogP contribution in [0.3, 0.4) is 0 Å². The van der Waals surface area contributed by atoms with E-state index in [1.165, 1.54) is 0 Å². The summed E-state index contributed by atoms with van der Waals surface area (Å²) in [6.07, 6.45) is -0.434. The van der Waals surface area contributed by atoms with Gasteiger partial charge in [-0.05, 0) is 45.7 Å². The molecule has 0 atom stereocenters. The van der Waals surface area contributed by atoms with Crippen LogP contribution in [0.25, 0.3) is 0 Å². The van der Waals surface area contributed by atoms with Crippen LogP contribution in [-0.4, -0.2) is 43.4 Å². The third-order valence-electron chi connectivity index (χ3n) is 4.07. The highest BCUT2D eigenvalue weighted by Crippen LogP contribution is 2.41. The lowest BCUT2D eigenvalue weighted by atomic mass is 10.1. The second kappa shape index (κ2) is 8.43. The molecule has 1 aliphatic heterocycles. The number of hydrogen-bond donors (Lipinski definition) is 0. The molecular weight excluding hydrogens is 332 g/mol. The van der Waals surface area contributed by atoms with Crippen LogP contribution in [0.4, 0.5) is 11.4 Å². The number of carbonyl (C=O) groups is 2. The van der Waals surface area contributed by atoms with Gasteiger partial charge in [0.25, 0.3) is 0 Å². The Balaban J connectivity index is 2.30. The van der Waals surface area contributed by atoms with E-state index in [1.807, 2.05) is 61.8 Å². The van der Waals surface area contributed by atoms with Gasteiger partial charge in [0, 0.05) is 0 Å². The first-order valence-corrected chi connectivity index (χ1v) is 9.22. The molecule has 6 heteroatoms. The van der Waals surface area contributed by atoms with E-state index in [2.05, 4.69) is 13.8 Å². The van der Waals surface area contributed by atoms with Crippen molar-refractivity contribution in [3.05, 3.63) is 24.3 Å². The molecule has 0 saturated carbocycles. The molecule has 26 heavy (non-hydrogen) atoms. The van der Waals surface area contributed by atoms with Gasteiger partial charge in [-0.1, -0.05) is 26.0 Å². The fourth-order valence-electron chi connectivity index (χ4n) is 3.36. The third kappa shape index (κ3) is 4.68. The maximum absolute atomic E-state index is 12.3. The van der Waals surface area contributed by atoms with E-state index in [0.29, 0.717) is 0 Å². The van der Waals surface area contributed by atoms with Crippen LogP contribution in [0, 0.1) is 5.92 Å². The smallest absolute Gasteiger partial charge is 0.325 e. The fourth-order valence-corrected chi connectivity index (χ4v) is 3.36. The van der Waals surface area contributed by atoms with Crippen molar-refractivity contribution in [1.29, 1.82) is 0 Å². The van der Waals surface area contributed by atoms with Crippen LogP contribution in [0.5, 0.6) is 0 Å². The van der Waals surface area contributed by atoms with E-state index in [9.17, 15) is 9.59 Å². The zero-order valence-corrected chi connectivity index (χ0v) is 16.6. The van der Waals surface area contributed by atoms with Gasteiger partial charge in [-0.3, -0.25) is 9.59 Å². The second-order valence-electron chi connectivity index (χ2n) is 7.48. The molecule has 0 aromatic heterocycles. The Morgan fingerprint density at radius 1 is 0.846 bits per heavy atom. The third-order valence-corrected chi connectivity index (χ3v) is 4.07. The second-order valence-corrected chi connectivity index (χ2v) is 7.48. The first-order valence-electron chi connectivity index (χ1n) is 9.22. The van der Waals surface area contributed by atoms with Crippen LogP contribution in [0.15, 0.2) is 24.3 Å². The predicted molar refractivity (Wildman–Crippen MR) is 102 cm³/mol. The SMILES string of the molecule is CC(C)OC(=O)CN1c2ccccc2N(CC(=O)OC(C)C)C1C(C)C. The lowest BCUT2D eigenvalue weighted by Gasteiger charge is -2.35. The van der Waals surface area contributed by atoms with E-state index in [0.717, 1.165) is 11.4 Å². The number of esters is 2. The highest BCUT2D eigenvalue weighted by Gasteiger charge is 2.39. The number of carbonyl (C=O) groups excluding carboxylic acids is 2. The first-order chi connectivity index (χ1) is 12.2. The topological polar surface area (TPSA) is 59.1 Å². The van der Waals surface area contributed by atoms with E-state index in [1.54, 1.807) is 0 Å². The highest BCUT2D eigenvalue weighted by atomic mass is 16.5. The maximum Gasteiger partial charge on any atom is 0.325 e. The lowest BCUT2D eigenvalue weighted by molar-refractivity contribution is -0.146. The predicted octanol–water partition coefficient (Wildman–Crippen LogP) is 3.20. The first kappa shape index (κ1) is 20.1. The van der Waals surface area contributed by atoms with Crippen molar-refractivity contribution < 1.29 is 19.1 Å². The molecule has 0 radical (unpaired) electrons. The molecule has 1 aromatic carbocycles. The Morgan fingerprint density at radius 2 is 1.23 bits per heavy atom. The normalized spacial score (nSPS) is 14.3. The van der Waals surface area contributed by atoms with Crippen molar-refractivity contribution in [3.8, 4) is 0 Å². The van der Waals surface area contributed by atoms with Gasteiger partial charge in [0.1, 0.15) is 19.3 Å². The Morgan fingerprint density at radius 3 is 1.54 bits per heavy atom. The molecule has 144 valence electrons. The molecule has 0 N–H and O–H groups in total. The molecule has 0 amide bonds. The average Bonchev–Trinajstić information content (AvgIpc) is 2.80. The summed E-state index contributed by atoms with van der Waals surface area (Å²) >= 11 is 0. The number of nitrogens with zero attached hydrogens (tertiary/aromatic N) is 2. The van der Waals surface area contributed by atoms with Gasteiger partial charge < -0.3 is 19.3 Å². The quantitative estimate of drug-likeness (QED) is 0.694. The van der Waals surface area contributed by atoms with Crippen LogP contribution in [-0.2, 0) is 19.1 Å². The number of fused-ring (bicyclic) bond motifs is 1. The van der Waals surface area contributed by atoms with Gasteiger partial charge in [-0.25, -0.2) is 0 Å². The average molecular weight is 362 g/mol. The maximum atomic E-state index is 12.3. The van der Waals surface area contributed by atoms with E-state index >= 15 is 0 Å². The van der Waals surface area contributed by atoms with Gasteiger partial charge in [0.05, 0.1) is 23.6 Å². The molecule has 1 heterocycles. The van der Waals surface area contributed by atoms with Gasteiger partial charge in [-0.2, -0.15) is 0 Å². The summed E-state index contributed by atoms with van der Waals surface area (Å²) in [5.41, 5.74) is 1.87. The van der Waals surface area contributed by atoms with E-state index in [4.69, 9.17) is 9.47 Å². The van der Waals surface area contributed by atoms with Gasteiger partial charge in [0.15, 0.2) is 0 Å². The van der Waals surface area contributed by atoms with Crippen LogP contribution in [0.1, 0.15) is 41.5 Å². The summed E-state index contributed by atoms with van der Waals surface area (Å²) in [4.78, 5) is 28.6. The van der Waals surface area contributed by atoms with E-state index < -0.39 is 0 Å². The molecular formula is C20H30N2O4. The van der Waals surface area contributed by atoms with Gasteiger partial charge in [0.2, 0.25) is 0 Å². The number of hydrogen-bond acceptors (Lipinski definition) is 6. The number of para-hydroxylation sites is 2. The number of anilines is 2. The fraction of sp³-hybridized carbons (Fsp3) is 0.600. The Kier molecular flexibility index (Phi) is 6.51. The molecule has 1 aromatic rings. The summed E-state index contributed by atoms with van der Waals surface area (Å²) < 4.78 is 10.7. The van der Waals surface area contributed by atoms with Crippen molar-refractivity contribution in [2.75, 3.05) is 22.9 Å². The van der Waals surface area contributed by atoms with Gasteiger partial charge >= 0.3 is 11.9 Å². The molecule has 0 bridgehead atoms. The zero-order valence-electron chi connectivity index (χ0n) is 16.6. The summed E-state index contributed by atoms with van der Waals surface area (Å²) in [5, 5.41) is 0.